The van der Waals surface area contributed by atoms with E-state index < -0.39 is 14.6 Å². The average molecular weight is 634 g/mol. The summed E-state index contributed by atoms with van der Waals surface area (Å²) in [4.78, 5) is 12.8. The Morgan fingerprint density at radius 1 is 0.818 bits per heavy atom. The first-order valence-corrected chi connectivity index (χ1v) is 19.2. The second kappa shape index (κ2) is 14.0. The lowest BCUT2D eigenvalue weighted by Gasteiger charge is -2.22. The maximum atomic E-state index is 15.2. The zero-order chi connectivity index (χ0) is 31.2. The molecule has 0 spiro atoms. The summed E-state index contributed by atoms with van der Waals surface area (Å²) in [7, 11) is -6.08. The maximum absolute atomic E-state index is 15.2. The van der Waals surface area contributed by atoms with Crippen molar-refractivity contribution in [1.29, 1.82) is 0 Å². The second-order valence-corrected chi connectivity index (χ2v) is 17.2. The molecule has 0 radical (unpaired) electrons. The van der Waals surface area contributed by atoms with Gasteiger partial charge in [0.1, 0.15) is 15.9 Å². The molecular formula is C39H39O2P2S+. The van der Waals surface area contributed by atoms with Crippen molar-refractivity contribution in [2.75, 3.05) is 0 Å². The van der Waals surface area contributed by atoms with Crippen LogP contribution >= 0.6 is 26.0 Å². The minimum absolute atomic E-state index is 0.718. The molecule has 2 nitrogen and oxygen atoms in total. The van der Waals surface area contributed by atoms with Gasteiger partial charge >= 0.3 is 0 Å². The maximum Gasteiger partial charge on any atom is 0.237 e. The third-order valence-electron chi connectivity index (χ3n) is 7.88. The van der Waals surface area contributed by atoms with Gasteiger partial charge in [-0.25, -0.2) is 4.89 Å². The third kappa shape index (κ3) is 5.91. The molecule has 5 rings (SSSR count). The molecule has 0 saturated carbocycles. The predicted molar refractivity (Wildman–Crippen MR) is 198 cm³/mol. The van der Waals surface area contributed by atoms with Crippen LogP contribution < -0.4 is 25.7 Å². The molecule has 0 bridgehead atoms. The van der Waals surface area contributed by atoms with E-state index in [9.17, 15) is 4.89 Å². The standard InChI is InChI=1S/C39H39O2P2S/c1-5-9-12-19-31(8-4)43(41,33-22-15-11-16-23-33)34-24-17-25-38-36(28-34)37-29-35(26-27-39(37)44-38)42(40,30(7-3)18-6-2)32-20-13-10-14-21-32/h5-16,18-29,41H,17H2,1-4H3/q+1/b9-5-,18-6-,19-12-,30-7+,31-8+. The van der Waals surface area contributed by atoms with Gasteiger partial charge in [0.25, 0.3) is 0 Å². The first kappa shape index (κ1) is 31.8. The van der Waals surface area contributed by atoms with E-state index in [1.54, 1.807) is 11.3 Å². The summed E-state index contributed by atoms with van der Waals surface area (Å²) in [5, 5.41) is 7.33. The lowest BCUT2D eigenvalue weighted by Crippen LogP contribution is -2.21. The van der Waals surface area contributed by atoms with Gasteiger partial charge in [0, 0.05) is 35.8 Å². The van der Waals surface area contributed by atoms with Crippen molar-refractivity contribution in [1.82, 2.24) is 0 Å². The molecule has 3 aromatic carbocycles. The van der Waals surface area contributed by atoms with Crippen LogP contribution in [-0.2, 0) is 4.57 Å². The zero-order valence-electron chi connectivity index (χ0n) is 25.7. The van der Waals surface area contributed by atoms with E-state index >= 15 is 4.57 Å². The first-order chi connectivity index (χ1) is 21.4. The molecule has 0 saturated heterocycles. The van der Waals surface area contributed by atoms with Crippen molar-refractivity contribution in [3.05, 3.63) is 159 Å². The minimum atomic E-state index is -3.14. The number of fused-ring (bicyclic) bond motifs is 3. The summed E-state index contributed by atoms with van der Waals surface area (Å²) >= 11 is 1.75. The van der Waals surface area contributed by atoms with Crippen molar-refractivity contribution in [2.45, 2.75) is 34.1 Å². The van der Waals surface area contributed by atoms with Crippen LogP contribution in [0.3, 0.4) is 0 Å². The van der Waals surface area contributed by atoms with Crippen LogP contribution in [0.5, 0.6) is 0 Å². The molecule has 1 aromatic heterocycles. The van der Waals surface area contributed by atoms with Crippen molar-refractivity contribution >= 4 is 64.1 Å². The highest BCUT2D eigenvalue weighted by Crippen LogP contribution is 2.68. The zero-order valence-corrected chi connectivity index (χ0v) is 28.3. The summed E-state index contributed by atoms with van der Waals surface area (Å²) in [6, 6.07) is 26.1. The Morgan fingerprint density at radius 3 is 2.20 bits per heavy atom. The number of hydrogen-bond acceptors (Lipinski definition) is 3. The molecule has 5 heteroatoms. The van der Waals surface area contributed by atoms with Crippen LogP contribution in [-0.4, -0.2) is 4.89 Å². The molecule has 1 heterocycles. The van der Waals surface area contributed by atoms with Crippen LogP contribution in [0.25, 0.3) is 22.2 Å². The molecule has 4 aromatic rings. The van der Waals surface area contributed by atoms with Gasteiger partial charge in [-0.15, -0.1) is 11.3 Å². The molecule has 0 fully saturated rings. The fourth-order valence-electron chi connectivity index (χ4n) is 5.73. The average Bonchev–Trinajstić information content (AvgIpc) is 3.26. The van der Waals surface area contributed by atoms with Gasteiger partial charge in [0.2, 0.25) is 7.49 Å². The number of hydrogen-bond donors (Lipinski definition) is 1. The van der Waals surface area contributed by atoms with Crippen LogP contribution in [0.1, 0.15) is 34.1 Å². The topological polar surface area (TPSA) is 37.3 Å². The number of allylic oxidation sites excluding steroid dienone is 12. The molecule has 0 amide bonds. The highest BCUT2D eigenvalue weighted by molar-refractivity contribution is 7.86. The van der Waals surface area contributed by atoms with Gasteiger partial charge in [0.05, 0.1) is 0 Å². The SMILES string of the molecule is C\C=C/C=C\C(=C/C)[P+](O)(C1=CCC=c2sc3ccc(P(=O)(C(/C=C\C)=C/C)c4ccccc4)cc3c2=C1)c1ccccc1. The Kier molecular flexibility index (Phi) is 10.1. The largest absolute Gasteiger partial charge is 0.309 e. The van der Waals surface area contributed by atoms with E-state index in [0.717, 1.165) is 53.6 Å². The fourth-order valence-corrected chi connectivity index (χ4v) is 12.5. The highest BCUT2D eigenvalue weighted by atomic mass is 32.1. The molecule has 2 unspecified atom stereocenters. The predicted octanol–water partition coefficient (Wildman–Crippen LogP) is 8.83. The van der Waals surface area contributed by atoms with Crippen molar-refractivity contribution < 1.29 is 9.46 Å². The highest BCUT2D eigenvalue weighted by Gasteiger charge is 2.46. The van der Waals surface area contributed by atoms with Gasteiger partial charge in [-0.3, -0.25) is 0 Å². The number of benzene rings is 3. The lowest BCUT2D eigenvalue weighted by molar-refractivity contribution is 0.591. The van der Waals surface area contributed by atoms with E-state index in [1.165, 1.54) is 4.53 Å². The Bertz CT molecular complexity index is 2010. The molecule has 1 aliphatic rings. The smallest absolute Gasteiger partial charge is 0.237 e. The molecule has 44 heavy (non-hydrogen) atoms. The van der Waals surface area contributed by atoms with Gasteiger partial charge in [0.15, 0.2) is 7.14 Å². The fraction of sp³-hybridized carbons (Fsp3) is 0.128. The molecule has 1 aliphatic carbocycles. The Morgan fingerprint density at radius 2 is 1.55 bits per heavy atom. The van der Waals surface area contributed by atoms with Crippen LogP contribution in [0, 0.1) is 0 Å². The van der Waals surface area contributed by atoms with Crippen molar-refractivity contribution in [2.24, 2.45) is 0 Å². The summed E-state index contributed by atoms with van der Waals surface area (Å²) in [6.07, 6.45) is 23.3. The molecule has 1 N–H and O–H groups in total. The van der Waals surface area contributed by atoms with Crippen LogP contribution in [0.4, 0.5) is 0 Å². The molecule has 0 aliphatic heterocycles. The van der Waals surface area contributed by atoms with E-state index in [2.05, 4.69) is 30.4 Å². The van der Waals surface area contributed by atoms with E-state index in [4.69, 9.17) is 0 Å². The monoisotopic (exact) mass is 633 g/mol. The Hall–Kier alpha value is -3.58. The lowest BCUT2D eigenvalue weighted by atomic mass is 10.2. The second-order valence-electron chi connectivity index (χ2n) is 10.5. The number of thiophene rings is 1. The quantitative estimate of drug-likeness (QED) is 0.148. The normalized spacial score (nSPS) is 17.2. The summed E-state index contributed by atoms with van der Waals surface area (Å²) in [5.74, 6) is 0. The molecule has 222 valence electrons. The summed E-state index contributed by atoms with van der Waals surface area (Å²) in [6.45, 7) is 7.90. The summed E-state index contributed by atoms with van der Waals surface area (Å²) in [5.41, 5.74) is 0. The van der Waals surface area contributed by atoms with Crippen molar-refractivity contribution in [3.8, 4) is 0 Å². The Labute approximate surface area is 266 Å². The molecule has 2 atom stereocenters. The van der Waals surface area contributed by atoms with E-state index in [1.807, 2.05) is 143 Å². The van der Waals surface area contributed by atoms with E-state index in [0.29, 0.717) is 0 Å². The Balaban J connectivity index is 1.77. The molecular weight excluding hydrogens is 594 g/mol. The number of rotatable bonds is 9. The third-order valence-corrected chi connectivity index (χ3v) is 15.5. The van der Waals surface area contributed by atoms with Gasteiger partial charge in [-0.05, 0) is 88.8 Å². The van der Waals surface area contributed by atoms with Crippen molar-refractivity contribution in [3.63, 3.8) is 0 Å². The van der Waals surface area contributed by atoms with Crippen LogP contribution in [0.2, 0.25) is 0 Å². The van der Waals surface area contributed by atoms with Crippen LogP contribution in [0.15, 0.2) is 149 Å². The minimum Gasteiger partial charge on any atom is -0.309 e. The van der Waals surface area contributed by atoms with Gasteiger partial charge < -0.3 is 4.57 Å². The van der Waals surface area contributed by atoms with Gasteiger partial charge in [-0.1, -0.05) is 91.1 Å². The van der Waals surface area contributed by atoms with Gasteiger partial charge in [-0.2, -0.15) is 0 Å². The summed E-state index contributed by atoms with van der Waals surface area (Å²) < 4.78 is 17.5. The van der Waals surface area contributed by atoms with E-state index in [-0.39, 0.29) is 0 Å². The first-order valence-electron chi connectivity index (χ1n) is 15.0.